The summed E-state index contributed by atoms with van der Waals surface area (Å²) in [7, 11) is 0. The van der Waals surface area contributed by atoms with E-state index in [1.807, 2.05) is 5.48 Å². The molecule has 1 atom stereocenters. The summed E-state index contributed by atoms with van der Waals surface area (Å²) >= 11 is 0. The number of carbonyl (C=O) groups is 2. The molecule has 1 unspecified atom stereocenters. The molecule has 0 aromatic rings. The third kappa shape index (κ3) is 5.96. The normalized spacial score (nSPS) is 19.6. The van der Waals surface area contributed by atoms with Gasteiger partial charge in [0, 0.05) is 6.54 Å². The van der Waals surface area contributed by atoms with Crippen LogP contribution in [0.25, 0.3) is 0 Å². The molecule has 1 aliphatic rings. The van der Waals surface area contributed by atoms with Crippen LogP contribution < -0.4 is 10.8 Å². The summed E-state index contributed by atoms with van der Waals surface area (Å²) in [6, 6.07) is 0. The van der Waals surface area contributed by atoms with Gasteiger partial charge in [0.2, 0.25) is 0 Å². The van der Waals surface area contributed by atoms with Gasteiger partial charge in [0.15, 0.2) is 0 Å². The summed E-state index contributed by atoms with van der Waals surface area (Å²) in [5, 5.41) is 3.03. The average molecular weight is 246 g/mol. The fourth-order valence-electron chi connectivity index (χ4n) is 1.27. The van der Waals surface area contributed by atoms with Gasteiger partial charge in [-0.25, -0.2) is 9.59 Å². The molecule has 0 saturated carbocycles. The molecule has 0 aromatic carbocycles. The van der Waals surface area contributed by atoms with Crippen molar-refractivity contribution in [2.24, 2.45) is 0 Å². The van der Waals surface area contributed by atoms with Gasteiger partial charge in [-0.3, -0.25) is 0 Å². The Kier molecular flexibility index (Phi) is 4.56. The third-order valence-electron chi connectivity index (χ3n) is 1.89. The summed E-state index contributed by atoms with van der Waals surface area (Å²) in [6.07, 6.45) is -1.24. The summed E-state index contributed by atoms with van der Waals surface area (Å²) in [5.41, 5.74) is 1.21. The minimum absolute atomic E-state index is 0.206. The number of carbonyl (C=O) groups excluding carboxylic acids is 2. The zero-order valence-electron chi connectivity index (χ0n) is 10.2. The Morgan fingerprint density at radius 1 is 1.35 bits per heavy atom. The second-order valence-electron chi connectivity index (χ2n) is 4.69. The highest BCUT2D eigenvalue weighted by Gasteiger charge is 2.21. The minimum Gasteiger partial charge on any atom is -0.442 e. The van der Waals surface area contributed by atoms with E-state index >= 15 is 0 Å². The zero-order valence-corrected chi connectivity index (χ0v) is 10.2. The second kappa shape index (κ2) is 5.72. The molecule has 7 heteroatoms. The van der Waals surface area contributed by atoms with Crippen LogP contribution >= 0.6 is 0 Å². The fraction of sp³-hybridized carbons (Fsp3) is 0.800. The lowest BCUT2D eigenvalue weighted by atomic mass is 10.2. The summed E-state index contributed by atoms with van der Waals surface area (Å²) in [6.45, 7) is 6.51. The lowest BCUT2D eigenvalue weighted by Crippen LogP contribution is -2.35. The van der Waals surface area contributed by atoms with Crippen LogP contribution in [0.3, 0.4) is 0 Å². The molecule has 98 valence electrons. The van der Waals surface area contributed by atoms with Crippen molar-refractivity contribution in [3.8, 4) is 0 Å². The van der Waals surface area contributed by atoms with Crippen molar-refractivity contribution in [2.75, 3.05) is 13.1 Å². The van der Waals surface area contributed by atoms with Crippen LogP contribution in [0.1, 0.15) is 27.2 Å². The Morgan fingerprint density at radius 2 is 2.06 bits per heavy atom. The highest BCUT2D eigenvalue weighted by molar-refractivity contribution is 5.69. The van der Waals surface area contributed by atoms with Crippen LogP contribution in [-0.2, 0) is 14.3 Å². The molecule has 1 rings (SSSR count). The Bertz CT molecular complexity index is 281. The molecule has 1 amide bonds. The van der Waals surface area contributed by atoms with E-state index in [1.54, 1.807) is 20.8 Å². The van der Waals surface area contributed by atoms with Gasteiger partial charge in [-0.15, -0.1) is 5.48 Å². The maximum atomic E-state index is 11.1. The number of nitrogens with one attached hydrogen (secondary N) is 2. The first kappa shape index (κ1) is 13.6. The number of hydroxylamine groups is 1. The maximum absolute atomic E-state index is 11.1. The van der Waals surface area contributed by atoms with Crippen molar-refractivity contribution in [2.45, 2.75) is 38.9 Å². The Morgan fingerprint density at radius 3 is 2.59 bits per heavy atom. The summed E-state index contributed by atoms with van der Waals surface area (Å²) in [4.78, 5) is 26.6. The molecule has 0 spiro atoms. The molecule has 0 aromatic heterocycles. The molecule has 0 bridgehead atoms. The van der Waals surface area contributed by atoms with Crippen molar-refractivity contribution in [1.29, 1.82) is 0 Å². The molecule has 0 radical (unpaired) electrons. The topological polar surface area (TPSA) is 85.9 Å². The highest BCUT2D eigenvalue weighted by Crippen LogP contribution is 2.07. The molecule has 1 aliphatic heterocycles. The Hall–Kier alpha value is -1.50. The second-order valence-corrected chi connectivity index (χ2v) is 4.69. The SMILES string of the molecule is CC(C)(C)OC(=O)NOC(=O)OC1CCNC1. The van der Waals surface area contributed by atoms with Crippen molar-refractivity contribution in [3.05, 3.63) is 0 Å². The van der Waals surface area contributed by atoms with Crippen molar-refractivity contribution in [3.63, 3.8) is 0 Å². The van der Waals surface area contributed by atoms with E-state index in [0.717, 1.165) is 13.0 Å². The quantitative estimate of drug-likeness (QED) is 0.529. The Balaban J connectivity index is 2.16. The van der Waals surface area contributed by atoms with E-state index in [4.69, 9.17) is 9.47 Å². The van der Waals surface area contributed by atoms with E-state index < -0.39 is 17.8 Å². The lowest BCUT2D eigenvalue weighted by molar-refractivity contribution is -0.0206. The molecule has 7 nitrogen and oxygen atoms in total. The van der Waals surface area contributed by atoms with Gasteiger partial charge >= 0.3 is 12.2 Å². The van der Waals surface area contributed by atoms with Crippen LogP contribution in [0, 0.1) is 0 Å². The van der Waals surface area contributed by atoms with Gasteiger partial charge < -0.3 is 19.6 Å². The van der Waals surface area contributed by atoms with Crippen molar-refractivity contribution >= 4 is 12.2 Å². The van der Waals surface area contributed by atoms with E-state index in [1.165, 1.54) is 0 Å². The predicted molar refractivity (Wildman–Crippen MR) is 58.2 cm³/mol. The number of hydrogen-bond acceptors (Lipinski definition) is 6. The Labute approximate surface area is 99.7 Å². The van der Waals surface area contributed by atoms with Gasteiger partial charge in [0.05, 0.1) is 0 Å². The van der Waals surface area contributed by atoms with E-state index in [2.05, 4.69) is 10.2 Å². The van der Waals surface area contributed by atoms with E-state index in [-0.39, 0.29) is 6.10 Å². The largest absolute Gasteiger partial charge is 0.533 e. The molecule has 0 aliphatic carbocycles. The molecule has 1 saturated heterocycles. The van der Waals surface area contributed by atoms with Crippen LogP contribution in [0.2, 0.25) is 0 Å². The van der Waals surface area contributed by atoms with Crippen LogP contribution in [0.15, 0.2) is 0 Å². The van der Waals surface area contributed by atoms with E-state index in [9.17, 15) is 9.59 Å². The number of hydrogen-bond donors (Lipinski definition) is 2. The molecule has 17 heavy (non-hydrogen) atoms. The molecule has 2 N–H and O–H groups in total. The summed E-state index contributed by atoms with van der Waals surface area (Å²) in [5.74, 6) is 0. The minimum atomic E-state index is -0.940. The predicted octanol–water partition coefficient (Wildman–Crippen LogP) is 0.941. The molecule has 1 heterocycles. The number of rotatable bonds is 1. The fourth-order valence-corrected chi connectivity index (χ4v) is 1.27. The van der Waals surface area contributed by atoms with Crippen molar-refractivity contribution < 1.29 is 23.9 Å². The van der Waals surface area contributed by atoms with Crippen LogP contribution in [-0.4, -0.2) is 37.0 Å². The van der Waals surface area contributed by atoms with Crippen molar-refractivity contribution in [1.82, 2.24) is 10.8 Å². The highest BCUT2D eigenvalue weighted by atomic mass is 16.8. The zero-order chi connectivity index (χ0) is 12.9. The van der Waals surface area contributed by atoms with Crippen LogP contribution in [0.5, 0.6) is 0 Å². The van der Waals surface area contributed by atoms with Crippen LogP contribution in [0.4, 0.5) is 9.59 Å². The third-order valence-corrected chi connectivity index (χ3v) is 1.89. The maximum Gasteiger partial charge on any atom is 0.533 e. The average Bonchev–Trinajstić information content (AvgIpc) is 2.64. The monoisotopic (exact) mass is 246 g/mol. The van der Waals surface area contributed by atoms with Gasteiger partial charge in [0.1, 0.15) is 11.7 Å². The van der Waals surface area contributed by atoms with Gasteiger partial charge in [-0.2, -0.15) is 0 Å². The number of ether oxygens (including phenoxy) is 2. The number of amides is 1. The van der Waals surface area contributed by atoms with Gasteiger partial charge in [-0.05, 0) is 33.7 Å². The molecular weight excluding hydrogens is 228 g/mol. The smallest absolute Gasteiger partial charge is 0.442 e. The first-order chi connectivity index (χ1) is 7.87. The molecular formula is C10H18N2O5. The van der Waals surface area contributed by atoms with Gasteiger partial charge in [-0.1, -0.05) is 0 Å². The molecule has 1 fully saturated rings. The van der Waals surface area contributed by atoms with Gasteiger partial charge in [0.25, 0.3) is 0 Å². The first-order valence-corrected chi connectivity index (χ1v) is 5.44. The lowest BCUT2D eigenvalue weighted by Gasteiger charge is -2.19. The van der Waals surface area contributed by atoms with E-state index in [0.29, 0.717) is 6.54 Å². The standard InChI is InChI=1S/C10H18N2O5/c1-10(2,3)16-8(13)12-17-9(14)15-7-4-5-11-6-7/h7,11H,4-6H2,1-3H3,(H,12,13). The summed E-state index contributed by atoms with van der Waals surface area (Å²) < 4.78 is 9.76. The first-order valence-electron chi connectivity index (χ1n) is 5.44.